The lowest BCUT2D eigenvalue weighted by Crippen LogP contribution is -2.33. The molecule has 0 saturated carbocycles. The number of hydrogen-bond donors (Lipinski definition) is 0. The van der Waals surface area contributed by atoms with Crippen LogP contribution < -0.4 is 0 Å². The fourth-order valence-corrected chi connectivity index (χ4v) is 3.91. The SMILES string of the molecule is CC(C)(C)c1cc2nc(C3CCN(Cc4cccnc4)CC3)cc(C(F)(F)F)n2n1. The summed E-state index contributed by atoms with van der Waals surface area (Å²) in [6.45, 7) is 8.24. The van der Waals surface area contributed by atoms with Crippen molar-refractivity contribution in [3.63, 3.8) is 0 Å². The Morgan fingerprint density at radius 3 is 2.43 bits per heavy atom. The predicted molar refractivity (Wildman–Crippen MR) is 108 cm³/mol. The Morgan fingerprint density at radius 1 is 1.10 bits per heavy atom. The Morgan fingerprint density at radius 2 is 1.83 bits per heavy atom. The molecule has 5 nitrogen and oxygen atoms in total. The summed E-state index contributed by atoms with van der Waals surface area (Å²) in [6.07, 6.45) is 0.668. The molecule has 4 heterocycles. The van der Waals surface area contributed by atoms with Gasteiger partial charge in [-0.1, -0.05) is 26.8 Å². The molecule has 1 saturated heterocycles. The van der Waals surface area contributed by atoms with E-state index in [2.05, 4.69) is 20.0 Å². The molecule has 0 N–H and O–H groups in total. The summed E-state index contributed by atoms with van der Waals surface area (Å²) in [7, 11) is 0. The molecule has 160 valence electrons. The molecule has 0 unspecified atom stereocenters. The lowest BCUT2D eigenvalue weighted by atomic mass is 9.92. The van der Waals surface area contributed by atoms with Crippen molar-refractivity contribution in [1.29, 1.82) is 0 Å². The van der Waals surface area contributed by atoms with Gasteiger partial charge < -0.3 is 0 Å². The van der Waals surface area contributed by atoms with Crippen molar-refractivity contribution in [2.75, 3.05) is 13.1 Å². The van der Waals surface area contributed by atoms with E-state index in [4.69, 9.17) is 0 Å². The molecule has 1 aliphatic rings. The number of halogens is 3. The third-order valence-corrected chi connectivity index (χ3v) is 5.64. The summed E-state index contributed by atoms with van der Waals surface area (Å²) in [4.78, 5) is 11.0. The van der Waals surface area contributed by atoms with Crippen molar-refractivity contribution in [1.82, 2.24) is 24.5 Å². The highest BCUT2D eigenvalue weighted by Gasteiger charge is 2.37. The van der Waals surface area contributed by atoms with E-state index in [0.717, 1.165) is 42.6 Å². The zero-order chi connectivity index (χ0) is 21.5. The molecule has 3 aromatic heterocycles. The summed E-state index contributed by atoms with van der Waals surface area (Å²) in [5, 5.41) is 4.22. The molecular weight excluding hydrogens is 391 g/mol. The van der Waals surface area contributed by atoms with Gasteiger partial charge in [0.25, 0.3) is 0 Å². The summed E-state index contributed by atoms with van der Waals surface area (Å²) in [5.41, 5.74) is 1.41. The second-order valence-electron chi connectivity index (χ2n) is 9.03. The maximum Gasteiger partial charge on any atom is 0.433 e. The first-order valence-electron chi connectivity index (χ1n) is 10.2. The molecular formula is C22H26F3N5. The van der Waals surface area contributed by atoms with Crippen LogP contribution in [-0.4, -0.2) is 37.6 Å². The molecule has 30 heavy (non-hydrogen) atoms. The molecule has 0 amide bonds. The topological polar surface area (TPSA) is 46.3 Å². The first-order chi connectivity index (χ1) is 14.1. The molecule has 1 aliphatic heterocycles. The van der Waals surface area contributed by atoms with Gasteiger partial charge >= 0.3 is 6.18 Å². The quantitative estimate of drug-likeness (QED) is 0.613. The van der Waals surface area contributed by atoms with Crippen LogP contribution in [0.5, 0.6) is 0 Å². The zero-order valence-electron chi connectivity index (χ0n) is 17.4. The highest BCUT2D eigenvalue weighted by atomic mass is 19.4. The monoisotopic (exact) mass is 417 g/mol. The van der Waals surface area contributed by atoms with Crippen LogP contribution >= 0.6 is 0 Å². The van der Waals surface area contributed by atoms with Crippen molar-refractivity contribution in [3.05, 3.63) is 59.3 Å². The number of fused-ring (bicyclic) bond motifs is 1. The first-order valence-corrected chi connectivity index (χ1v) is 10.2. The highest BCUT2D eigenvalue weighted by Crippen LogP contribution is 2.35. The number of piperidine rings is 1. The summed E-state index contributed by atoms with van der Waals surface area (Å²) in [6, 6.07) is 6.82. The van der Waals surface area contributed by atoms with Crippen LogP contribution in [0.4, 0.5) is 13.2 Å². The van der Waals surface area contributed by atoms with Gasteiger partial charge in [-0.2, -0.15) is 18.3 Å². The van der Waals surface area contributed by atoms with Gasteiger partial charge in [-0.3, -0.25) is 9.88 Å². The number of hydrogen-bond acceptors (Lipinski definition) is 4. The molecule has 4 rings (SSSR count). The molecule has 0 atom stereocenters. The van der Waals surface area contributed by atoms with Crippen LogP contribution in [0.3, 0.4) is 0 Å². The minimum atomic E-state index is -4.49. The number of nitrogens with zero attached hydrogens (tertiary/aromatic N) is 5. The molecule has 0 aliphatic carbocycles. The Labute approximate surface area is 173 Å². The van der Waals surface area contributed by atoms with E-state index in [-0.39, 0.29) is 17.0 Å². The van der Waals surface area contributed by atoms with E-state index >= 15 is 0 Å². The second-order valence-corrected chi connectivity index (χ2v) is 9.03. The van der Waals surface area contributed by atoms with Gasteiger partial charge in [0.2, 0.25) is 0 Å². The van der Waals surface area contributed by atoms with Crippen molar-refractivity contribution < 1.29 is 13.2 Å². The minimum Gasteiger partial charge on any atom is -0.299 e. The maximum absolute atomic E-state index is 13.8. The summed E-state index contributed by atoms with van der Waals surface area (Å²) < 4.78 is 42.3. The van der Waals surface area contributed by atoms with E-state index < -0.39 is 11.9 Å². The summed E-state index contributed by atoms with van der Waals surface area (Å²) in [5.74, 6) is 0.00855. The predicted octanol–water partition coefficient (Wildman–Crippen LogP) is 4.82. The fourth-order valence-electron chi connectivity index (χ4n) is 3.91. The van der Waals surface area contributed by atoms with Crippen molar-refractivity contribution in [2.24, 2.45) is 0 Å². The van der Waals surface area contributed by atoms with Crippen LogP contribution in [-0.2, 0) is 18.1 Å². The lowest BCUT2D eigenvalue weighted by molar-refractivity contribution is -0.142. The molecule has 1 fully saturated rings. The van der Waals surface area contributed by atoms with Crippen molar-refractivity contribution in [3.8, 4) is 0 Å². The zero-order valence-corrected chi connectivity index (χ0v) is 17.4. The smallest absolute Gasteiger partial charge is 0.299 e. The highest BCUT2D eigenvalue weighted by molar-refractivity contribution is 5.44. The van der Waals surface area contributed by atoms with Crippen LogP contribution in [0.25, 0.3) is 5.65 Å². The number of pyridine rings is 1. The first kappa shape index (κ1) is 20.8. The number of rotatable bonds is 3. The van der Waals surface area contributed by atoms with Crippen LogP contribution in [0.15, 0.2) is 36.7 Å². The van der Waals surface area contributed by atoms with Gasteiger partial charge in [0.05, 0.1) is 5.69 Å². The summed E-state index contributed by atoms with van der Waals surface area (Å²) >= 11 is 0. The van der Waals surface area contributed by atoms with Crippen LogP contribution in [0, 0.1) is 0 Å². The second kappa shape index (κ2) is 7.65. The van der Waals surface area contributed by atoms with E-state index in [0.29, 0.717) is 11.4 Å². The van der Waals surface area contributed by atoms with E-state index in [1.807, 2.05) is 39.1 Å². The minimum absolute atomic E-state index is 0.00855. The third kappa shape index (κ3) is 4.33. The van der Waals surface area contributed by atoms with E-state index in [1.165, 1.54) is 6.07 Å². The Hall–Kier alpha value is -2.48. The van der Waals surface area contributed by atoms with Crippen molar-refractivity contribution in [2.45, 2.75) is 57.7 Å². The molecule has 0 spiro atoms. The van der Waals surface area contributed by atoms with Gasteiger partial charge in [0.1, 0.15) is 5.69 Å². The maximum atomic E-state index is 13.8. The Bertz CT molecular complexity index is 1010. The average molecular weight is 417 g/mol. The molecule has 0 aromatic carbocycles. The van der Waals surface area contributed by atoms with Crippen LogP contribution in [0.1, 0.15) is 62.2 Å². The lowest BCUT2D eigenvalue weighted by Gasteiger charge is -2.31. The van der Waals surface area contributed by atoms with Gasteiger partial charge in [-0.05, 0) is 43.6 Å². The van der Waals surface area contributed by atoms with Gasteiger partial charge in [0.15, 0.2) is 5.65 Å². The Balaban J connectivity index is 1.58. The standard InChI is InChI=1S/C22H26F3N5/c1-21(2,3)18-12-20-27-17(11-19(22(23,24)25)30(20)28-18)16-6-9-29(10-7-16)14-15-5-4-8-26-13-15/h4-5,8,11-13,16H,6-7,9-10,14H2,1-3H3. The normalized spacial score (nSPS) is 17.0. The largest absolute Gasteiger partial charge is 0.433 e. The molecule has 8 heteroatoms. The van der Waals surface area contributed by atoms with Gasteiger partial charge in [-0.25, -0.2) is 9.50 Å². The van der Waals surface area contributed by atoms with E-state index in [1.54, 1.807) is 12.3 Å². The van der Waals surface area contributed by atoms with Crippen molar-refractivity contribution >= 4 is 5.65 Å². The molecule has 0 bridgehead atoms. The van der Waals surface area contributed by atoms with E-state index in [9.17, 15) is 13.2 Å². The third-order valence-electron chi connectivity index (χ3n) is 5.64. The van der Waals surface area contributed by atoms with Gasteiger partial charge in [0, 0.05) is 42.0 Å². The number of aromatic nitrogens is 4. The molecule has 3 aromatic rings. The average Bonchev–Trinajstić information content (AvgIpc) is 3.12. The molecule has 0 radical (unpaired) electrons. The fraction of sp³-hybridized carbons (Fsp3) is 0.500. The van der Waals surface area contributed by atoms with Gasteiger partial charge in [-0.15, -0.1) is 0 Å². The Kier molecular flexibility index (Phi) is 5.30. The van der Waals surface area contributed by atoms with Crippen LogP contribution in [0.2, 0.25) is 0 Å². The number of likely N-dealkylation sites (tertiary alicyclic amines) is 1. The number of alkyl halides is 3.